The predicted octanol–water partition coefficient (Wildman–Crippen LogP) is 22.5. The number of benzene rings is 12. The Kier molecular flexibility index (Phi) is 13.3. The minimum absolute atomic E-state index is 0.680. The molecule has 0 fully saturated rings. The van der Waals surface area contributed by atoms with Gasteiger partial charge >= 0.3 is 0 Å². The van der Waals surface area contributed by atoms with Gasteiger partial charge in [-0.1, -0.05) is 220 Å². The van der Waals surface area contributed by atoms with Gasteiger partial charge in [0.05, 0.1) is 39.1 Å². The van der Waals surface area contributed by atoms with Crippen molar-refractivity contribution in [3.8, 4) is 101 Å². The van der Waals surface area contributed by atoms with Crippen LogP contribution in [0.3, 0.4) is 0 Å². The normalized spacial score (nSPS) is 11.6. The molecule has 12 aromatic carbocycles. The lowest BCUT2D eigenvalue weighted by Gasteiger charge is -2.18. The third-order valence-electron chi connectivity index (χ3n) is 17.5. The zero-order valence-electron chi connectivity index (χ0n) is 51.0. The zero-order chi connectivity index (χ0) is 59.9. The Morgan fingerprint density at radius 3 is 0.989 bits per heavy atom. The van der Waals surface area contributed by atoms with E-state index in [1.807, 2.05) is 6.07 Å². The molecule has 0 bridgehead atoms. The van der Waals surface area contributed by atoms with Gasteiger partial charge in [0.2, 0.25) is 0 Å². The molecule has 0 N–H and O–H groups in total. The van der Waals surface area contributed by atoms with Gasteiger partial charge < -0.3 is 9.13 Å². The summed E-state index contributed by atoms with van der Waals surface area (Å²) in [6, 6.07) is 94.8. The Labute approximate surface area is 515 Å². The molecular weight excluding hydrogens is 1060 g/mol. The van der Waals surface area contributed by atoms with Crippen molar-refractivity contribution in [2.24, 2.45) is 0 Å². The summed E-state index contributed by atoms with van der Waals surface area (Å²) in [5.74, 6) is 0.680. The third kappa shape index (κ3) is 9.97. The Bertz CT molecular complexity index is 4930. The summed E-state index contributed by atoms with van der Waals surface area (Å²) >= 11 is 0. The topological polar surface area (TPSA) is 35.6 Å². The Morgan fingerprint density at radius 2 is 0.580 bits per heavy atom. The standard InChI is InChI=1S/C84H66N4/c1-51-32-52(2)37-67(36-51)61-22-27-80-73(45-61)74-46-62(68-38-53(3)33-54(4)39-68)23-28-81(74)87(80)71-21-15-20-65(44-71)72-49-66(78-50-77(59-16-11-9-12-17-59)85-84(86-78)60-18-13-10-14-19-60)26-31-79(72)88-82-29-24-63(69-40-55(5)34-56(6)41-69)47-75(82)76-48-64(25-30-83(76)88)70-42-57(7)35-58(8)43-70/h9-50H,1-8H3. The van der Waals surface area contributed by atoms with Gasteiger partial charge in [-0.15, -0.1) is 0 Å². The first-order valence-electron chi connectivity index (χ1n) is 30.6. The van der Waals surface area contributed by atoms with Crippen molar-refractivity contribution in [3.63, 3.8) is 0 Å². The summed E-state index contributed by atoms with van der Waals surface area (Å²) in [5, 5.41) is 4.82. The highest BCUT2D eigenvalue weighted by atomic mass is 15.0. The van der Waals surface area contributed by atoms with Crippen LogP contribution in [0.2, 0.25) is 0 Å². The average Bonchev–Trinajstić information content (AvgIpc) is 1.61. The summed E-state index contributed by atoms with van der Waals surface area (Å²) in [6.07, 6.45) is 0. The molecule has 0 saturated carbocycles. The maximum atomic E-state index is 5.41. The van der Waals surface area contributed by atoms with E-state index >= 15 is 0 Å². The first-order valence-corrected chi connectivity index (χ1v) is 30.6. The highest BCUT2D eigenvalue weighted by Crippen LogP contribution is 2.44. The Balaban J connectivity index is 0.987. The highest BCUT2D eigenvalue weighted by molar-refractivity contribution is 6.13. The lowest BCUT2D eigenvalue weighted by Crippen LogP contribution is -2.00. The van der Waals surface area contributed by atoms with Crippen LogP contribution >= 0.6 is 0 Å². The van der Waals surface area contributed by atoms with Gasteiger partial charge in [0.25, 0.3) is 0 Å². The molecule has 0 aliphatic carbocycles. The minimum Gasteiger partial charge on any atom is -0.309 e. The second-order valence-corrected chi connectivity index (χ2v) is 24.6. The van der Waals surface area contributed by atoms with E-state index in [0.717, 1.165) is 72.6 Å². The largest absolute Gasteiger partial charge is 0.309 e. The molecule has 3 aromatic heterocycles. The first-order chi connectivity index (χ1) is 42.8. The van der Waals surface area contributed by atoms with Crippen molar-refractivity contribution in [2.45, 2.75) is 55.4 Å². The first kappa shape index (κ1) is 54.0. The molecule has 0 saturated heterocycles. The average molecular weight is 1130 g/mol. The van der Waals surface area contributed by atoms with Crippen LogP contribution in [0.25, 0.3) is 145 Å². The fourth-order valence-corrected chi connectivity index (χ4v) is 13.9. The fourth-order valence-electron chi connectivity index (χ4n) is 13.9. The number of aromatic nitrogens is 4. The van der Waals surface area contributed by atoms with E-state index in [-0.39, 0.29) is 0 Å². The quantitative estimate of drug-likeness (QED) is 0.137. The summed E-state index contributed by atoms with van der Waals surface area (Å²) < 4.78 is 4.97. The van der Waals surface area contributed by atoms with E-state index in [2.05, 4.69) is 313 Å². The van der Waals surface area contributed by atoms with E-state index in [1.54, 1.807) is 0 Å². The molecule has 15 rings (SSSR count). The lowest BCUT2D eigenvalue weighted by molar-refractivity contribution is 1.16. The number of hydrogen-bond donors (Lipinski definition) is 0. The van der Waals surface area contributed by atoms with Crippen LogP contribution in [0.4, 0.5) is 0 Å². The Morgan fingerprint density at radius 1 is 0.227 bits per heavy atom. The number of rotatable bonds is 10. The van der Waals surface area contributed by atoms with E-state index in [9.17, 15) is 0 Å². The van der Waals surface area contributed by atoms with Gasteiger partial charge in [0.1, 0.15) is 0 Å². The molecule has 0 aliphatic heterocycles. The Hall–Kier alpha value is -10.7. The number of hydrogen-bond acceptors (Lipinski definition) is 2. The van der Waals surface area contributed by atoms with Crippen LogP contribution in [-0.4, -0.2) is 19.1 Å². The van der Waals surface area contributed by atoms with E-state index in [0.29, 0.717) is 5.82 Å². The van der Waals surface area contributed by atoms with Gasteiger partial charge in [-0.2, -0.15) is 0 Å². The van der Waals surface area contributed by atoms with E-state index in [4.69, 9.17) is 9.97 Å². The van der Waals surface area contributed by atoms with Crippen LogP contribution < -0.4 is 0 Å². The molecule has 0 unspecified atom stereocenters. The number of nitrogens with zero attached hydrogens (tertiary/aromatic N) is 4. The van der Waals surface area contributed by atoms with Crippen LogP contribution in [0.15, 0.2) is 255 Å². The molecule has 0 aliphatic rings. The van der Waals surface area contributed by atoms with E-state index < -0.39 is 0 Å². The van der Waals surface area contributed by atoms with Crippen LogP contribution in [0.1, 0.15) is 44.5 Å². The van der Waals surface area contributed by atoms with Crippen molar-refractivity contribution in [1.29, 1.82) is 0 Å². The van der Waals surface area contributed by atoms with Crippen molar-refractivity contribution in [3.05, 3.63) is 299 Å². The molecular formula is C84H66N4. The van der Waals surface area contributed by atoms with Crippen molar-refractivity contribution >= 4 is 43.6 Å². The molecule has 3 heterocycles. The van der Waals surface area contributed by atoms with Crippen molar-refractivity contribution in [2.75, 3.05) is 0 Å². The summed E-state index contributed by atoms with van der Waals surface area (Å²) in [4.78, 5) is 10.6. The molecule has 0 amide bonds. The molecule has 4 nitrogen and oxygen atoms in total. The maximum Gasteiger partial charge on any atom is 0.160 e. The highest BCUT2D eigenvalue weighted by Gasteiger charge is 2.22. The van der Waals surface area contributed by atoms with Crippen LogP contribution in [0.5, 0.6) is 0 Å². The monoisotopic (exact) mass is 1130 g/mol. The fraction of sp³-hybridized carbons (Fsp3) is 0.0952. The van der Waals surface area contributed by atoms with Gasteiger partial charge in [-0.05, 0) is 184 Å². The second kappa shape index (κ2) is 21.7. The second-order valence-electron chi connectivity index (χ2n) is 24.6. The molecule has 0 spiro atoms. The smallest absolute Gasteiger partial charge is 0.160 e. The molecule has 0 radical (unpaired) electrons. The number of aryl methyl sites for hydroxylation is 8. The van der Waals surface area contributed by atoms with E-state index in [1.165, 1.54) is 111 Å². The van der Waals surface area contributed by atoms with Crippen molar-refractivity contribution in [1.82, 2.24) is 19.1 Å². The van der Waals surface area contributed by atoms with Gasteiger partial charge in [-0.3, -0.25) is 0 Å². The van der Waals surface area contributed by atoms with Gasteiger partial charge in [0, 0.05) is 49.5 Å². The van der Waals surface area contributed by atoms with Gasteiger partial charge in [0.15, 0.2) is 5.82 Å². The SMILES string of the molecule is Cc1cc(C)cc(-c2ccc3c(c2)c2cc(-c4cc(C)cc(C)c4)ccc2n3-c2cccc(-c3cc(-c4cc(-c5ccccc5)nc(-c5ccccc5)n4)ccc3-n3c4ccc(-c5cc(C)cc(C)c5)cc4c4cc(-c5cc(C)cc(C)c5)ccc43)c2)c1. The minimum atomic E-state index is 0.680. The maximum absolute atomic E-state index is 5.41. The summed E-state index contributed by atoms with van der Waals surface area (Å²) in [7, 11) is 0. The molecule has 422 valence electrons. The third-order valence-corrected chi connectivity index (χ3v) is 17.5. The van der Waals surface area contributed by atoms with Gasteiger partial charge in [-0.25, -0.2) is 9.97 Å². The molecule has 88 heavy (non-hydrogen) atoms. The summed E-state index contributed by atoms with van der Waals surface area (Å²) in [6.45, 7) is 17.5. The zero-order valence-corrected chi connectivity index (χ0v) is 51.0. The molecule has 0 atom stereocenters. The predicted molar refractivity (Wildman–Crippen MR) is 372 cm³/mol. The molecule has 15 aromatic rings. The lowest BCUT2D eigenvalue weighted by atomic mass is 9.97. The molecule has 4 heteroatoms. The van der Waals surface area contributed by atoms with Crippen LogP contribution in [-0.2, 0) is 0 Å². The number of fused-ring (bicyclic) bond motifs is 6. The van der Waals surface area contributed by atoms with Crippen molar-refractivity contribution < 1.29 is 0 Å². The summed E-state index contributed by atoms with van der Waals surface area (Å²) in [5.41, 5.74) is 33.3. The van der Waals surface area contributed by atoms with Crippen LogP contribution in [0, 0.1) is 55.4 Å².